The van der Waals surface area contributed by atoms with E-state index in [0.717, 1.165) is 10.5 Å². The third-order valence-electron chi connectivity index (χ3n) is 3.02. The first-order valence-electron chi connectivity index (χ1n) is 6.24. The van der Waals surface area contributed by atoms with Crippen molar-refractivity contribution in [3.63, 3.8) is 0 Å². The molecule has 0 saturated carbocycles. The number of benzene rings is 2. The first-order chi connectivity index (χ1) is 9.60. The van der Waals surface area contributed by atoms with Crippen molar-refractivity contribution in [1.29, 1.82) is 0 Å². The number of nitrogens with zero attached hydrogens (tertiary/aromatic N) is 1. The monoisotopic (exact) mass is 289 g/mol. The van der Waals surface area contributed by atoms with Gasteiger partial charge in [0.2, 0.25) is 0 Å². The van der Waals surface area contributed by atoms with Gasteiger partial charge in [-0.3, -0.25) is 4.79 Å². The van der Waals surface area contributed by atoms with Crippen molar-refractivity contribution in [2.75, 3.05) is 13.3 Å². The van der Waals surface area contributed by atoms with Crippen LogP contribution in [0.15, 0.2) is 53.4 Å². The molecule has 0 bridgehead atoms. The molecule has 0 atom stereocenters. The minimum absolute atomic E-state index is 0.0398. The average molecular weight is 289 g/mol. The SMILES string of the molecule is CSc1ccc(C(=O)N(C)Cc2ccc(F)cc2)cc1. The number of carbonyl (C=O) groups is 1. The summed E-state index contributed by atoms with van der Waals surface area (Å²) in [6.45, 7) is 0.462. The van der Waals surface area contributed by atoms with E-state index < -0.39 is 0 Å². The summed E-state index contributed by atoms with van der Waals surface area (Å²) in [6.07, 6.45) is 2.00. The van der Waals surface area contributed by atoms with Crippen LogP contribution in [0.3, 0.4) is 0 Å². The summed E-state index contributed by atoms with van der Waals surface area (Å²) in [5, 5.41) is 0. The van der Waals surface area contributed by atoms with Crippen LogP contribution < -0.4 is 0 Å². The van der Waals surface area contributed by atoms with Gasteiger partial charge in [-0.2, -0.15) is 0 Å². The van der Waals surface area contributed by atoms with E-state index in [0.29, 0.717) is 12.1 Å². The lowest BCUT2D eigenvalue weighted by atomic mass is 10.1. The second kappa shape index (κ2) is 6.57. The van der Waals surface area contributed by atoms with Crippen LogP contribution in [0.4, 0.5) is 4.39 Å². The summed E-state index contributed by atoms with van der Waals surface area (Å²) in [4.78, 5) is 15.0. The number of halogens is 1. The Labute approximate surface area is 122 Å². The zero-order valence-corrected chi connectivity index (χ0v) is 12.3. The Morgan fingerprint density at radius 3 is 2.25 bits per heavy atom. The fourth-order valence-corrected chi connectivity index (χ4v) is 2.30. The molecule has 0 radical (unpaired) electrons. The molecule has 0 aromatic heterocycles. The number of carbonyl (C=O) groups excluding carboxylic acids is 1. The van der Waals surface area contributed by atoms with Crippen molar-refractivity contribution < 1.29 is 9.18 Å². The topological polar surface area (TPSA) is 20.3 Å². The molecule has 0 aliphatic carbocycles. The van der Waals surface area contributed by atoms with E-state index in [-0.39, 0.29) is 11.7 Å². The van der Waals surface area contributed by atoms with Gasteiger partial charge in [-0.1, -0.05) is 12.1 Å². The molecule has 0 spiro atoms. The first-order valence-corrected chi connectivity index (χ1v) is 7.46. The van der Waals surface area contributed by atoms with Gasteiger partial charge in [0.15, 0.2) is 0 Å². The maximum atomic E-state index is 12.8. The van der Waals surface area contributed by atoms with Crippen molar-refractivity contribution in [3.05, 3.63) is 65.5 Å². The van der Waals surface area contributed by atoms with E-state index in [1.165, 1.54) is 12.1 Å². The van der Waals surface area contributed by atoms with Crippen LogP contribution in [-0.2, 0) is 6.54 Å². The van der Waals surface area contributed by atoms with Crippen LogP contribution >= 0.6 is 11.8 Å². The molecule has 20 heavy (non-hydrogen) atoms. The highest BCUT2D eigenvalue weighted by atomic mass is 32.2. The lowest BCUT2D eigenvalue weighted by molar-refractivity contribution is 0.0785. The molecule has 0 N–H and O–H groups in total. The molecule has 2 aromatic carbocycles. The Morgan fingerprint density at radius 2 is 1.70 bits per heavy atom. The first kappa shape index (κ1) is 14.6. The largest absolute Gasteiger partial charge is 0.337 e. The van der Waals surface area contributed by atoms with Gasteiger partial charge < -0.3 is 4.90 Å². The maximum Gasteiger partial charge on any atom is 0.253 e. The van der Waals surface area contributed by atoms with Gasteiger partial charge in [0.05, 0.1) is 0 Å². The quantitative estimate of drug-likeness (QED) is 0.798. The summed E-state index contributed by atoms with van der Waals surface area (Å²) in [7, 11) is 1.74. The number of rotatable bonds is 4. The number of amides is 1. The van der Waals surface area contributed by atoms with Gasteiger partial charge in [-0.25, -0.2) is 4.39 Å². The normalized spacial score (nSPS) is 10.3. The Hall–Kier alpha value is -1.81. The fraction of sp³-hybridized carbons (Fsp3) is 0.188. The van der Waals surface area contributed by atoms with Gasteiger partial charge in [-0.15, -0.1) is 11.8 Å². The predicted molar refractivity (Wildman–Crippen MR) is 80.4 cm³/mol. The smallest absolute Gasteiger partial charge is 0.253 e. The van der Waals surface area contributed by atoms with Gasteiger partial charge in [0.1, 0.15) is 5.82 Å². The molecular formula is C16H16FNOS. The summed E-state index contributed by atoms with van der Waals surface area (Å²) >= 11 is 1.64. The van der Waals surface area contributed by atoms with Gasteiger partial charge in [-0.05, 0) is 48.2 Å². The highest BCUT2D eigenvalue weighted by Gasteiger charge is 2.11. The van der Waals surface area contributed by atoms with Crippen molar-refractivity contribution in [2.24, 2.45) is 0 Å². The van der Waals surface area contributed by atoms with E-state index in [4.69, 9.17) is 0 Å². The second-order valence-corrected chi connectivity index (χ2v) is 5.40. The Morgan fingerprint density at radius 1 is 1.10 bits per heavy atom. The van der Waals surface area contributed by atoms with Gasteiger partial charge in [0, 0.05) is 24.1 Å². The molecule has 0 heterocycles. The highest BCUT2D eigenvalue weighted by Crippen LogP contribution is 2.16. The lowest BCUT2D eigenvalue weighted by Gasteiger charge is -2.17. The molecule has 104 valence electrons. The van der Waals surface area contributed by atoms with Crippen LogP contribution in [-0.4, -0.2) is 24.1 Å². The molecule has 0 fully saturated rings. The van der Waals surface area contributed by atoms with Crippen LogP contribution in [0.25, 0.3) is 0 Å². The third kappa shape index (κ3) is 3.61. The van der Waals surface area contributed by atoms with E-state index >= 15 is 0 Å². The van der Waals surface area contributed by atoms with Gasteiger partial charge >= 0.3 is 0 Å². The van der Waals surface area contributed by atoms with Crippen LogP contribution in [0, 0.1) is 5.82 Å². The van der Waals surface area contributed by atoms with Crippen molar-refractivity contribution in [3.8, 4) is 0 Å². The van der Waals surface area contributed by atoms with Crippen LogP contribution in [0.1, 0.15) is 15.9 Å². The number of thioether (sulfide) groups is 1. The molecule has 2 aromatic rings. The van der Waals surface area contributed by atoms with Crippen molar-refractivity contribution >= 4 is 17.7 Å². The standard InChI is InChI=1S/C16H16FNOS/c1-18(11-12-3-7-14(17)8-4-12)16(19)13-5-9-15(20-2)10-6-13/h3-10H,11H2,1-2H3. The maximum absolute atomic E-state index is 12.8. The molecule has 0 unspecified atom stereocenters. The summed E-state index contributed by atoms with van der Waals surface area (Å²) < 4.78 is 12.8. The summed E-state index contributed by atoms with van der Waals surface area (Å²) in [5.41, 5.74) is 1.57. The van der Waals surface area contributed by atoms with Crippen LogP contribution in [0.5, 0.6) is 0 Å². The average Bonchev–Trinajstić information content (AvgIpc) is 2.49. The van der Waals surface area contributed by atoms with E-state index in [9.17, 15) is 9.18 Å². The Kier molecular flexibility index (Phi) is 4.79. The zero-order valence-electron chi connectivity index (χ0n) is 11.5. The third-order valence-corrected chi connectivity index (χ3v) is 3.76. The van der Waals surface area contributed by atoms with E-state index in [1.807, 2.05) is 30.5 Å². The van der Waals surface area contributed by atoms with E-state index in [2.05, 4.69) is 0 Å². The summed E-state index contributed by atoms with van der Waals surface area (Å²) in [5.74, 6) is -0.308. The zero-order chi connectivity index (χ0) is 14.5. The molecule has 0 aliphatic rings. The Balaban J connectivity index is 2.05. The number of hydrogen-bond donors (Lipinski definition) is 0. The lowest BCUT2D eigenvalue weighted by Crippen LogP contribution is -2.26. The minimum atomic E-state index is -0.268. The molecule has 4 heteroatoms. The fourth-order valence-electron chi connectivity index (χ4n) is 1.89. The molecule has 0 aliphatic heterocycles. The molecule has 2 rings (SSSR count). The predicted octanol–water partition coefficient (Wildman–Crippen LogP) is 3.82. The minimum Gasteiger partial charge on any atom is -0.337 e. The second-order valence-electron chi connectivity index (χ2n) is 4.52. The van der Waals surface area contributed by atoms with E-state index in [1.54, 1.807) is 35.8 Å². The van der Waals surface area contributed by atoms with Crippen LogP contribution in [0.2, 0.25) is 0 Å². The molecular weight excluding hydrogens is 273 g/mol. The molecule has 2 nitrogen and oxygen atoms in total. The van der Waals surface area contributed by atoms with Crippen molar-refractivity contribution in [1.82, 2.24) is 4.90 Å². The highest BCUT2D eigenvalue weighted by molar-refractivity contribution is 7.98. The Bertz CT molecular complexity index is 580. The van der Waals surface area contributed by atoms with Crippen molar-refractivity contribution in [2.45, 2.75) is 11.4 Å². The molecule has 1 amide bonds. The molecule has 0 saturated heterocycles. The van der Waals surface area contributed by atoms with Gasteiger partial charge in [0.25, 0.3) is 5.91 Å². The summed E-state index contributed by atoms with van der Waals surface area (Å²) in [6, 6.07) is 13.7. The number of hydrogen-bond acceptors (Lipinski definition) is 2.